The zero-order valence-electron chi connectivity index (χ0n) is 12.3. The maximum atomic E-state index is 5.74. The quantitative estimate of drug-likeness (QED) is 0.921. The van der Waals surface area contributed by atoms with Gasteiger partial charge in [0.15, 0.2) is 11.5 Å². The second kappa shape index (κ2) is 7.20. The number of nitrogens with zero attached hydrogens (tertiary/aromatic N) is 1. The monoisotopic (exact) mass is 314 g/mol. The van der Waals surface area contributed by atoms with E-state index in [2.05, 4.69) is 11.0 Å². The molecule has 21 heavy (non-hydrogen) atoms. The molecule has 1 aromatic carbocycles. The van der Waals surface area contributed by atoms with E-state index >= 15 is 0 Å². The summed E-state index contributed by atoms with van der Waals surface area (Å²) in [4.78, 5) is 2.46. The summed E-state index contributed by atoms with van der Waals surface area (Å²) in [6.45, 7) is 4.23. The summed E-state index contributed by atoms with van der Waals surface area (Å²) < 4.78 is 16.3. The van der Waals surface area contributed by atoms with Crippen LogP contribution in [0.4, 0.5) is 0 Å². The van der Waals surface area contributed by atoms with Crippen LogP contribution >= 0.6 is 12.4 Å². The minimum atomic E-state index is 0. The molecular formula is C15H23ClN2O3. The molecule has 0 spiro atoms. The third kappa shape index (κ3) is 3.54. The molecule has 0 atom stereocenters. The standard InChI is InChI=1S/C15H22N2O3.ClH/c1-18-13-6-12(7-14-15(13)20-10-19-14)9-17-4-2-11(8-16)3-5-17;/h6-7,11H,2-5,8-10,16H2,1H3;1H. The maximum absolute atomic E-state index is 5.74. The van der Waals surface area contributed by atoms with Crippen molar-refractivity contribution >= 4 is 12.4 Å². The molecule has 0 radical (unpaired) electrons. The number of hydrogen-bond donors (Lipinski definition) is 1. The van der Waals surface area contributed by atoms with Gasteiger partial charge in [-0.15, -0.1) is 12.4 Å². The Morgan fingerprint density at radius 3 is 2.71 bits per heavy atom. The fraction of sp³-hybridized carbons (Fsp3) is 0.600. The minimum absolute atomic E-state index is 0. The summed E-state index contributed by atoms with van der Waals surface area (Å²) in [6.07, 6.45) is 2.39. The van der Waals surface area contributed by atoms with Crippen LogP contribution in [0.15, 0.2) is 12.1 Å². The Kier molecular flexibility index (Phi) is 5.56. The number of nitrogens with two attached hydrogens (primary N) is 1. The molecule has 6 heteroatoms. The summed E-state index contributed by atoms with van der Waals surface area (Å²) in [6, 6.07) is 4.10. The number of rotatable bonds is 4. The lowest BCUT2D eigenvalue weighted by Gasteiger charge is -2.31. The first kappa shape index (κ1) is 16.2. The van der Waals surface area contributed by atoms with Gasteiger partial charge in [0, 0.05) is 6.54 Å². The molecule has 5 nitrogen and oxygen atoms in total. The van der Waals surface area contributed by atoms with Crippen LogP contribution in [-0.4, -0.2) is 38.4 Å². The molecule has 118 valence electrons. The predicted octanol–water partition coefficient (Wildman–Crippen LogP) is 2.02. The Morgan fingerprint density at radius 2 is 2.05 bits per heavy atom. The largest absolute Gasteiger partial charge is 0.493 e. The fourth-order valence-electron chi connectivity index (χ4n) is 2.91. The Labute approximate surface area is 131 Å². The van der Waals surface area contributed by atoms with Crippen molar-refractivity contribution in [1.82, 2.24) is 4.90 Å². The van der Waals surface area contributed by atoms with Gasteiger partial charge in [0.25, 0.3) is 0 Å². The number of ether oxygens (including phenoxy) is 3. The van der Waals surface area contributed by atoms with E-state index in [9.17, 15) is 0 Å². The molecule has 0 aromatic heterocycles. The fourth-order valence-corrected chi connectivity index (χ4v) is 2.91. The second-order valence-electron chi connectivity index (χ2n) is 5.49. The molecule has 1 aromatic rings. The molecule has 0 unspecified atom stereocenters. The number of halogens is 1. The van der Waals surface area contributed by atoms with Crippen molar-refractivity contribution in [3.8, 4) is 17.2 Å². The third-order valence-corrected chi connectivity index (χ3v) is 4.16. The van der Waals surface area contributed by atoms with Crippen molar-refractivity contribution in [3.63, 3.8) is 0 Å². The second-order valence-corrected chi connectivity index (χ2v) is 5.49. The lowest BCUT2D eigenvalue weighted by atomic mass is 9.97. The van der Waals surface area contributed by atoms with Gasteiger partial charge in [0.05, 0.1) is 7.11 Å². The average Bonchev–Trinajstić information content (AvgIpc) is 2.95. The van der Waals surface area contributed by atoms with Gasteiger partial charge >= 0.3 is 0 Å². The van der Waals surface area contributed by atoms with Crippen molar-refractivity contribution in [3.05, 3.63) is 17.7 Å². The predicted molar refractivity (Wildman–Crippen MR) is 83.4 cm³/mol. The van der Waals surface area contributed by atoms with Crippen molar-refractivity contribution in [2.24, 2.45) is 11.7 Å². The summed E-state index contributed by atoms with van der Waals surface area (Å²) in [5.74, 6) is 2.96. The highest BCUT2D eigenvalue weighted by molar-refractivity contribution is 5.85. The van der Waals surface area contributed by atoms with E-state index in [4.69, 9.17) is 19.9 Å². The van der Waals surface area contributed by atoms with Crippen LogP contribution in [0.25, 0.3) is 0 Å². The van der Waals surface area contributed by atoms with Crippen LogP contribution in [0.5, 0.6) is 17.2 Å². The van der Waals surface area contributed by atoms with E-state index in [1.165, 1.54) is 18.4 Å². The molecule has 2 aliphatic rings. The van der Waals surface area contributed by atoms with Gasteiger partial charge in [0.1, 0.15) is 0 Å². The van der Waals surface area contributed by atoms with E-state index in [0.29, 0.717) is 5.92 Å². The molecule has 0 amide bonds. The average molecular weight is 315 g/mol. The molecule has 2 aliphatic heterocycles. The number of hydrogen-bond acceptors (Lipinski definition) is 5. The Balaban J connectivity index is 0.00000161. The Morgan fingerprint density at radius 1 is 1.29 bits per heavy atom. The zero-order chi connectivity index (χ0) is 13.9. The number of benzene rings is 1. The van der Waals surface area contributed by atoms with Gasteiger partial charge in [-0.25, -0.2) is 0 Å². The molecule has 2 N–H and O–H groups in total. The maximum Gasteiger partial charge on any atom is 0.231 e. The highest BCUT2D eigenvalue weighted by atomic mass is 35.5. The first-order valence-electron chi connectivity index (χ1n) is 7.19. The van der Waals surface area contributed by atoms with E-state index in [1.807, 2.05) is 6.07 Å². The molecule has 1 fully saturated rings. The van der Waals surface area contributed by atoms with E-state index in [-0.39, 0.29) is 19.2 Å². The topological polar surface area (TPSA) is 57.0 Å². The van der Waals surface area contributed by atoms with Crippen molar-refractivity contribution in [1.29, 1.82) is 0 Å². The molecule has 0 bridgehead atoms. The molecule has 0 aliphatic carbocycles. The van der Waals surface area contributed by atoms with E-state index in [1.54, 1.807) is 7.11 Å². The van der Waals surface area contributed by atoms with Crippen molar-refractivity contribution in [2.75, 3.05) is 33.5 Å². The zero-order valence-corrected chi connectivity index (χ0v) is 13.2. The van der Waals surface area contributed by atoms with Crippen LogP contribution in [0.1, 0.15) is 18.4 Å². The molecule has 3 rings (SSSR count). The van der Waals surface area contributed by atoms with Gasteiger partial charge < -0.3 is 19.9 Å². The number of methoxy groups -OCH3 is 1. The lowest BCUT2D eigenvalue weighted by Crippen LogP contribution is -2.35. The Hall–Kier alpha value is -1.17. The first-order valence-corrected chi connectivity index (χ1v) is 7.19. The SMILES string of the molecule is COc1cc(CN2CCC(CN)CC2)cc2c1OCO2.Cl. The van der Waals surface area contributed by atoms with E-state index in [0.717, 1.165) is 43.4 Å². The minimum Gasteiger partial charge on any atom is -0.493 e. The Bertz CT molecular complexity index is 476. The summed E-state index contributed by atoms with van der Waals surface area (Å²) >= 11 is 0. The van der Waals surface area contributed by atoms with Crippen LogP contribution in [0.2, 0.25) is 0 Å². The molecular weight excluding hydrogens is 292 g/mol. The smallest absolute Gasteiger partial charge is 0.231 e. The highest BCUT2D eigenvalue weighted by Gasteiger charge is 2.22. The molecule has 1 saturated heterocycles. The van der Waals surface area contributed by atoms with Gasteiger partial charge in [0.2, 0.25) is 12.5 Å². The van der Waals surface area contributed by atoms with Crippen LogP contribution in [-0.2, 0) is 6.54 Å². The first-order chi connectivity index (χ1) is 9.80. The van der Waals surface area contributed by atoms with Crippen LogP contribution in [0, 0.1) is 5.92 Å². The number of fused-ring (bicyclic) bond motifs is 1. The van der Waals surface area contributed by atoms with Gasteiger partial charge in [-0.1, -0.05) is 0 Å². The van der Waals surface area contributed by atoms with Gasteiger partial charge in [-0.2, -0.15) is 0 Å². The van der Waals surface area contributed by atoms with Crippen LogP contribution in [0.3, 0.4) is 0 Å². The number of likely N-dealkylation sites (tertiary alicyclic amines) is 1. The highest BCUT2D eigenvalue weighted by Crippen LogP contribution is 2.42. The van der Waals surface area contributed by atoms with Gasteiger partial charge in [-0.05, 0) is 56.1 Å². The van der Waals surface area contributed by atoms with E-state index < -0.39 is 0 Å². The summed E-state index contributed by atoms with van der Waals surface area (Å²) in [7, 11) is 1.66. The summed E-state index contributed by atoms with van der Waals surface area (Å²) in [5.41, 5.74) is 6.94. The van der Waals surface area contributed by atoms with Gasteiger partial charge in [-0.3, -0.25) is 4.90 Å². The molecule has 2 heterocycles. The number of piperidine rings is 1. The normalized spacial score (nSPS) is 18.4. The molecule has 0 saturated carbocycles. The van der Waals surface area contributed by atoms with Crippen molar-refractivity contribution < 1.29 is 14.2 Å². The summed E-state index contributed by atoms with van der Waals surface area (Å²) in [5, 5.41) is 0. The van der Waals surface area contributed by atoms with Crippen molar-refractivity contribution in [2.45, 2.75) is 19.4 Å². The third-order valence-electron chi connectivity index (χ3n) is 4.16. The van der Waals surface area contributed by atoms with Crippen LogP contribution < -0.4 is 19.9 Å². The lowest BCUT2D eigenvalue weighted by molar-refractivity contribution is 0.171.